The lowest BCUT2D eigenvalue weighted by Crippen LogP contribution is -2.28. The summed E-state index contributed by atoms with van der Waals surface area (Å²) < 4.78 is 5.88. The Morgan fingerprint density at radius 1 is 1.06 bits per heavy atom. The Morgan fingerprint density at radius 3 is 2.12 bits per heavy atom. The number of nitrogens with one attached hydrogen (secondary N) is 1. The maximum Gasteiger partial charge on any atom is 0.119 e. The fourth-order valence-electron chi connectivity index (χ4n) is 1.83. The lowest BCUT2D eigenvalue weighted by atomic mass is 10.0. The summed E-state index contributed by atoms with van der Waals surface area (Å²) >= 11 is 0. The van der Waals surface area contributed by atoms with Crippen molar-refractivity contribution < 1.29 is 4.74 Å². The van der Waals surface area contributed by atoms with Gasteiger partial charge in [0.05, 0.1) is 6.10 Å². The quantitative estimate of drug-likeness (QED) is 0.814. The summed E-state index contributed by atoms with van der Waals surface area (Å²) in [5.74, 6) is 1.54. The molecule has 0 radical (unpaired) electrons. The molecule has 2 nitrogen and oxygen atoms in total. The van der Waals surface area contributed by atoms with Crippen molar-refractivity contribution in [2.45, 2.75) is 52.2 Å². The first-order valence-corrected chi connectivity index (χ1v) is 6.46. The molecule has 0 aromatic heterocycles. The van der Waals surface area contributed by atoms with Gasteiger partial charge in [-0.1, -0.05) is 26.0 Å². The van der Waals surface area contributed by atoms with Gasteiger partial charge in [-0.3, -0.25) is 0 Å². The highest BCUT2D eigenvalue weighted by molar-refractivity contribution is 5.29. The molecule has 2 heteroatoms. The van der Waals surface area contributed by atoms with Crippen LogP contribution in [0, 0.1) is 0 Å². The second kappa shape index (κ2) is 6.65. The molecule has 0 amide bonds. The molecule has 0 fully saturated rings. The van der Waals surface area contributed by atoms with Crippen LogP contribution in [0.15, 0.2) is 24.3 Å². The van der Waals surface area contributed by atoms with E-state index in [-0.39, 0.29) is 6.10 Å². The van der Waals surface area contributed by atoms with E-state index < -0.39 is 0 Å². The van der Waals surface area contributed by atoms with E-state index in [2.05, 4.69) is 57.3 Å². The monoisotopic (exact) mass is 235 g/mol. The van der Waals surface area contributed by atoms with Crippen LogP contribution in [-0.4, -0.2) is 19.2 Å². The molecular weight excluding hydrogens is 210 g/mol. The van der Waals surface area contributed by atoms with Crippen molar-refractivity contribution in [1.82, 2.24) is 5.32 Å². The molecular formula is C15H25NO. The second-order valence-corrected chi connectivity index (χ2v) is 5.08. The molecule has 0 saturated heterocycles. The molecule has 1 N–H and O–H groups in total. The second-order valence-electron chi connectivity index (χ2n) is 5.08. The number of benzene rings is 1. The molecule has 1 aromatic rings. The van der Waals surface area contributed by atoms with Crippen LogP contribution in [0.1, 0.15) is 45.6 Å². The van der Waals surface area contributed by atoms with Gasteiger partial charge in [-0.05, 0) is 50.9 Å². The fraction of sp³-hybridized carbons (Fsp3) is 0.600. The third-order valence-electron chi connectivity index (χ3n) is 3.06. The van der Waals surface area contributed by atoms with Gasteiger partial charge in [0.2, 0.25) is 0 Å². The molecule has 1 rings (SSSR count). The van der Waals surface area contributed by atoms with Crippen LogP contribution in [0.4, 0.5) is 0 Å². The Hall–Kier alpha value is -1.02. The van der Waals surface area contributed by atoms with Crippen LogP contribution in [-0.2, 0) is 0 Å². The zero-order valence-corrected chi connectivity index (χ0v) is 11.7. The predicted molar refractivity (Wildman–Crippen MR) is 73.8 cm³/mol. The molecule has 2 unspecified atom stereocenters. The first-order valence-electron chi connectivity index (χ1n) is 6.46. The van der Waals surface area contributed by atoms with Crippen LogP contribution in [0.5, 0.6) is 5.75 Å². The Bertz CT molecular complexity index is 318. The third kappa shape index (κ3) is 4.78. The summed E-state index contributed by atoms with van der Waals surface area (Å²) in [4.78, 5) is 0. The Labute approximate surface area is 105 Å². The summed E-state index contributed by atoms with van der Waals surface area (Å²) in [5, 5.41) is 3.23. The van der Waals surface area contributed by atoms with Crippen molar-refractivity contribution in [3.63, 3.8) is 0 Å². The van der Waals surface area contributed by atoms with E-state index in [1.807, 2.05) is 7.05 Å². The molecule has 0 bridgehead atoms. The standard InChI is InChI=1S/C15H25NO/c1-11(2)14-6-8-15(9-7-14)17-13(4)10-12(3)16-5/h6-9,11-13,16H,10H2,1-5H3. The predicted octanol–water partition coefficient (Wildman–Crippen LogP) is 3.58. The first kappa shape index (κ1) is 14.0. The topological polar surface area (TPSA) is 21.3 Å². The van der Waals surface area contributed by atoms with Gasteiger partial charge >= 0.3 is 0 Å². The largest absolute Gasteiger partial charge is 0.491 e. The molecule has 0 aliphatic rings. The maximum atomic E-state index is 5.88. The van der Waals surface area contributed by atoms with Gasteiger partial charge in [-0.2, -0.15) is 0 Å². The number of hydrogen-bond acceptors (Lipinski definition) is 2. The minimum Gasteiger partial charge on any atom is -0.491 e. The first-order chi connectivity index (χ1) is 8.02. The van der Waals surface area contributed by atoms with E-state index >= 15 is 0 Å². The number of rotatable bonds is 6. The highest BCUT2D eigenvalue weighted by Gasteiger charge is 2.08. The summed E-state index contributed by atoms with van der Waals surface area (Å²) in [7, 11) is 1.98. The van der Waals surface area contributed by atoms with Gasteiger partial charge < -0.3 is 10.1 Å². The molecule has 0 heterocycles. The van der Waals surface area contributed by atoms with Crippen molar-refractivity contribution in [2.75, 3.05) is 7.05 Å². The van der Waals surface area contributed by atoms with Gasteiger partial charge in [0.25, 0.3) is 0 Å². The lowest BCUT2D eigenvalue weighted by molar-refractivity contribution is 0.197. The maximum absolute atomic E-state index is 5.88. The minimum atomic E-state index is 0.238. The van der Waals surface area contributed by atoms with Gasteiger partial charge in [0.1, 0.15) is 5.75 Å². The Balaban J connectivity index is 2.51. The molecule has 0 aliphatic carbocycles. The minimum absolute atomic E-state index is 0.238. The van der Waals surface area contributed by atoms with E-state index in [1.165, 1.54) is 5.56 Å². The molecule has 2 atom stereocenters. The fourth-order valence-corrected chi connectivity index (χ4v) is 1.83. The lowest BCUT2D eigenvalue weighted by Gasteiger charge is -2.19. The smallest absolute Gasteiger partial charge is 0.119 e. The van der Waals surface area contributed by atoms with Crippen LogP contribution in [0.3, 0.4) is 0 Å². The zero-order valence-electron chi connectivity index (χ0n) is 11.7. The van der Waals surface area contributed by atoms with Crippen LogP contribution < -0.4 is 10.1 Å². The zero-order chi connectivity index (χ0) is 12.8. The highest BCUT2D eigenvalue weighted by Crippen LogP contribution is 2.20. The molecule has 0 spiro atoms. The third-order valence-corrected chi connectivity index (χ3v) is 3.06. The van der Waals surface area contributed by atoms with E-state index in [4.69, 9.17) is 4.74 Å². The van der Waals surface area contributed by atoms with Crippen LogP contribution in [0.2, 0.25) is 0 Å². The van der Waals surface area contributed by atoms with E-state index in [1.54, 1.807) is 0 Å². The van der Waals surface area contributed by atoms with Crippen molar-refractivity contribution in [3.8, 4) is 5.75 Å². The molecule has 96 valence electrons. The van der Waals surface area contributed by atoms with Gasteiger partial charge in [0, 0.05) is 6.04 Å². The van der Waals surface area contributed by atoms with Crippen molar-refractivity contribution in [3.05, 3.63) is 29.8 Å². The number of ether oxygens (including phenoxy) is 1. The van der Waals surface area contributed by atoms with Gasteiger partial charge in [-0.25, -0.2) is 0 Å². The van der Waals surface area contributed by atoms with Crippen LogP contribution in [0.25, 0.3) is 0 Å². The Morgan fingerprint density at radius 2 is 1.65 bits per heavy atom. The van der Waals surface area contributed by atoms with Gasteiger partial charge in [-0.15, -0.1) is 0 Å². The SMILES string of the molecule is CNC(C)CC(C)Oc1ccc(C(C)C)cc1. The molecule has 1 aromatic carbocycles. The van der Waals surface area contributed by atoms with Crippen LogP contribution >= 0.6 is 0 Å². The molecule has 17 heavy (non-hydrogen) atoms. The van der Waals surface area contributed by atoms with E-state index in [0.29, 0.717) is 12.0 Å². The summed E-state index contributed by atoms with van der Waals surface area (Å²) in [6, 6.07) is 8.91. The average Bonchev–Trinajstić information content (AvgIpc) is 2.29. The normalized spacial score (nSPS) is 14.7. The highest BCUT2D eigenvalue weighted by atomic mass is 16.5. The van der Waals surface area contributed by atoms with Crippen molar-refractivity contribution >= 4 is 0 Å². The van der Waals surface area contributed by atoms with E-state index in [0.717, 1.165) is 12.2 Å². The summed E-state index contributed by atoms with van der Waals surface area (Å²) in [6.07, 6.45) is 1.25. The average molecular weight is 235 g/mol. The summed E-state index contributed by atoms with van der Waals surface area (Å²) in [6.45, 7) is 8.69. The van der Waals surface area contributed by atoms with Crippen molar-refractivity contribution in [2.24, 2.45) is 0 Å². The van der Waals surface area contributed by atoms with Crippen molar-refractivity contribution in [1.29, 1.82) is 0 Å². The molecule has 0 saturated carbocycles. The summed E-state index contributed by atoms with van der Waals surface area (Å²) in [5.41, 5.74) is 1.36. The molecule has 0 aliphatic heterocycles. The number of hydrogen-bond donors (Lipinski definition) is 1. The Kier molecular flexibility index (Phi) is 5.49. The van der Waals surface area contributed by atoms with E-state index in [9.17, 15) is 0 Å². The van der Waals surface area contributed by atoms with Gasteiger partial charge in [0.15, 0.2) is 0 Å².